The van der Waals surface area contributed by atoms with Crippen LogP contribution in [0.4, 0.5) is 10.5 Å². The van der Waals surface area contributed by atoms with E-state index in [0.29, 0.717) is 18.0 Å². The summed E-state index contributed by atoms with van der Waals surface area (Å²) in [5, 5.41) is 11.9. The molecule has 0 radical (unpaired) electrons. The number of benzene rings is 1. The molecule has 2 N–H and O–H groups in total. The topological polar surface area (TPSA) is 88.1 Å². The summed E-state index contributed by atoms with van der Waals surface area (Å²) < 4.78 is 10.3. The Morgan fingerprint density at radius 1 is 1.52 bits per heavy atom. The third-order valence-electron chi connectivity index (χ3n) is 3.08. The number of carbonyl (C=O) groups is 2. The molecule has 1 aromatic carbocycles. The quantitative estimate of drug-likeness (QED) is 0.867. The van der Waals surface area contributed by atoms with Gasteiger partial charge in [-0.2, -0.15) is 0 Å². The van der Waals surface area contributed by atoms with Gasteiger partial charge in [0.2, 0.25) is 6.10 Å². The first-order valence-electron chi connectivity index (χ1n) is 6.58. The zero-order valence-corrected chi connectivity index (χ0v) is 11.9. The van der Waals surface area contributed by atoms with Gasteiger partial charge in [0.15, 0.2) is 0 Å². The van der Waals surface area contributed by atoms with E-state index in [1.807, 2.05) is 6.92 Å². The van der Waals surface area contributed by atoms with Gasteiger partial charge in [-0.15, -0.1) is 0 Å². The zero-order valence-electron chi connectivity index (χ0n) is 11.9. The molecule has 0 spiro atoms. The normalized spacial score (nSPS) is 18.4. The Hall–Kier alpha value is -2.28. The first kappa shape index (κ1) is 15.1. The van der Waals surface area contributed by atoms with E-state index < -0.39 is 12.1 Å². The number of methoxy groups -OCH3 is 1. The van der Waals surface area contributed by atoms with Crippen molar-refractivity contribution in [2.45, 2.75) is 19.1 Å². The highest BCUT2D eigenvalue weighted by Crippen LogP contribution is 2.33. The Kier molecular flexibility index (Phi) is 4.64. The Morgan fingerprint density at radius 2 is 2.24 bits per heavy atom. The molecule has 0 saturated heterocycles. The number of hydrogen-bond acceptors (Lipinski definition) is 4. The summed E-state index contributed by atoms with van der Waals surface area (Å²) in [6.45, 7) is 2.14. The van der Waals surface area contributed by atoms with Gasteiger partial charge in [-0.25, -0.2) is 9.59 Å². The van der Waals surface area contributed by atoms with Gasteiger partial charge in [-0.05, 0) is 19.1 Å². The van der Waals surface area contributed by atoms with Gasteiger partial charge < -0.3 is 19.9 Å². The second-order valence-electron chi connectivity index (χ2n) is 4.83. The summed E-state index contributed by atoms with van der Waals surface area (Å²) in [7, 11) is 1.55. The van der Waals surface area contributed by atoms with E-state index in [1.165, 1.54) is 4.90 Å². The van der Waals surface area contributed by atoms with E-state index in [-0.39, 0.29) is 18.6 Å². The number of carboxylic acids is 1. The van der Waals surface area contributed by atoms with Crippen molar-refractivity contribution in [3.05, 3.63) is 24.3 Å². The highest BCUT2D eigenvalue weighted by molar-refractivity contribution is 5.95. The number of rotatable bonds is 4. The molecule has 0 bridgehead atoms. The SMILES string of the molecule is COCC(C)NC(=O)N1CC(C(=O)O)Oc2ccccc21. The lowest BCUT2D eigenvalue weighted by atomic mass is 10.2. The molecule has 1 aliphatic rings. The standard InChI is InChI=1S/C14H18N2O5/c1-9(8-20-2)15-14(19)16-7-12(13(17)18)21-11-6-4-3-5-10(11)16/h3-6,9,12H,7-8H2,1-2H3,(H,15,19)(H,17,18). The van der Waals surface area contributed by atoms with Crippen LogP contribution >= 0.6 is 0 Å². The molecule has 1 heterocycles. The van der Waals surface area contributed by atoms with Gasteiger partial charge in [-0.3, -0.25) is 4.90 Å². The lowest BCUT2D eigenvalue weighted by Gasteiger charge is -2.33. The largest absolute Gasteiger partial charge is 0.478 e. The van der Waals surface area contributed by atoms with E-state index in [0.717, 1.165) is 0 Å². The fourth-order valence-corrected chi connectivity index (χ4v) is 2.14. The minimum atomic E-state index is -1.10. The van der Waals surface area contributed by atoms with Crippen LogP contribution in [0.2, 0.25) is 0 Å². The molecule has 7 heteroatoms. The van der Waals surface area contributed by atoms with Gasteiger partial charge in [0, 0.05) is 7.11 Å². The van der Waals surface area contributed by atoms with Gasteiger partial charge in [-0.1, -0.05) is 12.1 Å². The summed E-state index contributed by atoms with van der Waals surface area (Å²) in [4.78, 5) is 24.9. The average molecular weight is 294 g/mol. The van der Waals surface area contributed by atoms with Crippen molar-refractivity contribution >= 4 is 17.7 Å². The van der Waals surface area contributed by atoms with Gasteiger partial charge in [0.25, 0.3) is 0 Å². The van der Waals surface area contributed by atoms with Gasteiger partial charge in [0.05, 0.1) is 24.9 Å². The van der Waals surface area contributed by atoms with Crippen LogP contribution in [-0.2, 0) is 9.53 Å². The Labute approximate surface area is 122 Å². The number of hydrogen-bond donors (Lipinski definition) is 2. The molecule has 1 aromatic rings. The molecule has 114 valence electrons. The maximum atomic E-state index is 12.3. The molecule has 0 aliphatic carbocycles. The first-order valence-corrected chi connectivity index (χ1v) is 6.58. The fourth-order valence-electron chi connectivity index (χ4n) is 2.14. The van der Waals surface area contributed by atoms with E-state index in [2.05, 4.69) is 5.32 Å². The van der Waals surface area contributed by atoms with Crippen molar-refractivity contribution < 1.29 is 24.2 Å². The maximum Gasteiger partial charge on any atom is 0.346 e. The van der Waals surface area contributed by atoms with E-state index >= 15 is 0 Å². The number of nitrogens with zero attached hydrogens (tertiary/aromatic N) is 1. The number of fused-ring (bicyclic) bond motifs is 1. The number of anilines is 1. The predicted molar refractivity (Wildman–Crippen MR) is 75.7 cm³/mol. The molecule has 1 aliphatic heterocycles. The number of para-hydroxylation sites is 2. The van der Waals surface area contributed by atoms with Crippen LogP contribution in [0.25, 0.3) is 0 Å². The Balaban J connectivity index is 2.20. The van der Waals surface area contributed by atoms with Crippen LogP contribution in [0.3, 0.4) is 0 Å². The molecular weight excluding hydrogens is 276 g/mol. The fraction of sp³-hybridized carbons (Fsp3) is 0.429. The van der Waals surface area contributed by atoms with Gasteiger partial charge in [0.1, 0.15) is 5.75 Å². The van der Waals surface area contributed by atoms with Crippen molar-refractivity contribution in [1.82, 2.24) is 5.32 Å². The second kappa shape index (κ2) is 6.45. The van der Waals surface area contributed by atoms with Crippen LogP contribution in [0, 0.1) is 0 Å². The molecule has 0 saturated carbocycles. The van der Waals surface area contributed by atoms with Crippen LogP contribution in [-0.4, -0.2) is 49.5 Å². The molecule has 2 atom stereocenters. The Bertz CT molecular complexity index is 534. The maximum absolute atomic E-state index is 12.3. The molecule has 2 rings (SSSR count). The minimum Gasteiger partial charge on any atom is -0.478 e. The molecular formula is C14H18N2O5. The number of carboxylic acid groups (broad SMARTS) is 1. The molecule has 0 fully saturated rings. The van der Waals surface area contributed by atoms with Crippen molar-refractivity contribution in [1.29, 1.82) is 0 Å². The Morgan fingerprint density at radius 3 is 2.90 bits per heavy atom. The van der Waals surface area contributed by atoms with E-state index in [4.69, 9.17) is 14.6 Å². The number of carbonyl (C=O) groups excluding carboxylic acids is 1. The van der Waals surface area contributed by atoms with E-state index in [9.17, 15) is 9.59 Å². The number of urea groups is 1. The number of ether oxygens (including phenoxy) is 2. The van der Waals surface area contributed by atoms with Crippen molar-refractivity contribution in [3.63, 3.8) is 0 Å². The van der Waals surface area contributed by atoms with Crippen molar-refractivity contribution in [2.24, 2.45) is 0 Å². The lowest BCUT2D eigenvalue weighted by molar-refractivity contribution is -0.144. The zero-order chi connectivity index (χ0) is 15.4. The molecule has 0 aromatic heterocycles. The number of amides is 2. The van der Waals surface area contributed by atoms with Crippen LogP contribution < -0.4 is 15.0 Å². The lowest BCUT2D eigenvalue weighted by Crippen LogP contribution is -2.52. The molecule has 2 unspecified atom stereocenters. The summed E-state index contributed by atoms with van der Waals surface area (Å²) in [6.07, 6.45) is -1.08. The second-order valence-corrected chi connectivity index (χ2v) is 4.83. The average Bonchev–Trinajstić information content (AvgIpc) is 2.46. The smallest absolute Gasteiger partial charge is 0.346 e. The molecule has 7 nitrogen and oxygen atoms in total. The third-order valence-corrected chi connectivity index (χ3v) is 3.08. The van der Waals surface area contributed by atoms with Crippen LogP contribution in [0.5, 0.6) is 5.75 Å². The number of aliphatic carboxylic acids is 1. The summed E-state index contributed by atoms with van der Waals surface area (Å²) in [5.74, 6) is -0.724. The third kappa shape index (κ3) is 3.43. The van der Waals surface area contributed by atoms with Crippen molar-refractivity contribution in [2.75, 3.05) is 25.2 Å². The van der Waals surface area contributed by atoms with Gasteiger partial charge >= 0.3 is 12.0 Å². The summed E-state index contributed by atoms with van der Waals surface area (Å²) in [6, 6.07) is 6.30. The highest BCUT2D eigenvalue weighted by Gasteiger charge is 2.33. The van der Waals surface area contributed by atoms with Crippen molar-refractivity contribution in [3.8, 4) is 5.75 Å². The minimum absolute atomic E-state index is 0.0438. The van der Waals surface area contributed by atoms with Crippen LogP contribution in [0.15, 0.2) is 24.3 Å². The number of nitrogens with one attached hydrogen (secondary N) is 1. The molecule has 21 heavy (non-hydrogen) atoms. The first-order chi connectivity index (χ1) is 10.0. The summed E-state index contributed by atoms with van der Waals surface area (Å²) >= 11 is 0. The summed E-state index contributed by atoms with van der Waals surface area (Å²) in [5.41, 5.74) is 0.553. The van der Waals surface area contributed by atoms with Crippen LogP contribution in [0.1, 0.15) is 6.92 Å². The van der Waals surface area contributed by atoms with E-state index in [1.54, 1.807) is 31.4 Å². The molecule has 2 amide bonds. The highest BCUT2D eigenvalue weighted by atomic mass is 16.5. The monoisotopic (exact) mass is 294 g/mol. The predicted octanol–water partition coefficient (Wildman–Crippen LogP) is 1.08.